The first-order valence-corrected chi connectivity index (χ1v) is 8.20. The minimum Gasteiger partial charge on any atom is -0.494 e. The molecule has 0 aliphatic rings. The summed E-state index contributed by atoms with van der Waals surface area (Å²) in [6, 6.07) is 12.8. The average Bonchev–Trinajstić information content (AvgIpc) is 3.13. The maximum atomic E-state index is 14.2. The normalized spacial score (nSPS) is 10.4. The SMILES string of the molecule is COC(=O)c1c(-c2ccc(OC)c(F)c2)nn(-c2ccccc2)c1C(=O)OC. The Kier molecular flexibility index (Phi) is 5.39. The molecule has 0 atom stereocenters. The van der Waals surface area contributed by atoms with Gasteiger partial charge in [0.2, 0.25) is 0 Å². The number of nitrogens with zero attached hydrogens (tertiary/aromatic N) is 2. The number of hydrogen-bond donors (Lipinski definition) is 0. The van der Waals surface area contributed by atoms with Gasteiger partial charge in [-0.05, 0) is 30.3 Å². The van der Waals surface area contributed by atoms with Crippen LogP contribution in [0, 0.1) is 5.82 Å². The molecule has 0 bridgehead atoms. The zero-order chi connectivity index (χ0) is 20.3. The fourth-order valence-electron chi connectivity index (χ4n) is 2.77. The molecule has 0 spiro atoms. The number of esters is 2. The Bertz CT molecular complexity index is 1030. The summed E-state index contributed by atoms with van der Waals surface area (Å²) >= 11 is 0. The summed E-state index contributed by atoms with van der Waals surface area (Å²) in [6.45, 7) is 0. The van der Waals surface area contributed by atoms with E-state index in [1.54, 1.807) is 30.3 Å². The van der Waals surface area contributed by atoms with Crippen LogP contribution in [0.25, 0.3) is 16.9 Å². The standard InChI is InChI=1S/C20H17FN2O5/c1-26-15-10-9-12(11-14(15)21)17-16(19(24)27-2)18(20(25)28-3)23(22-17)13-7-5-4-6-8-13/h4-11H,1-3H3. The van der Waals surface area contributed by atoms with Crippen molar-refractivity contribution in [2.45, 2.75) is 0 Å². The number of aromatic nitrogens is 2. The molecule has 28 heavy (non-hydrogen) atoms. The van der Waals surface area contributed by atoms with Crippen molar-refractivity contribution in [1.82, 2.24) is 9.78 Å². The highest BCUT2D eigenvalue weighted by molar-refractivity contribution is 6.06. The second-order valence-corrected chi connectivity index (χ2v) is 5.65. The summed E-state index contributed by atoms with van der Waals surface area (Å²) in [7, 11) is 3.72. The minimum absolute atomic E-state index is 0.0408. The first kappa shape index (κ1) is 19.1. The average molecular weight is 384 g/mol. The topological polar surface area (TPSA) is 79.7 Å². The van der Waals surface area contributed by atoms with E-state index in [4.69, 9.17) is 14.2 Å². The zero-order valence-electron chi connectivity index (χ0n) is 15.4. The monoisotopic (exact) mass is 384 g/mol. The summed E-state index contributed by atoms with van der Waals surface area (Å²) in [5, 5.41) is 4.39. The number of carbonyl (C=O) groups excluding carboxylic acids is 2. The summed E-state index contributed by atoms with van der Waals surface area (Å²) in [4.78, 5) is 25.0. The number of benzene rings is 2. The van der Waals surface area contributed by atoms with E-state index in [0.29, 0.717) is 5.69 Å². The van der Waals surface area contributed by atoms with Crippen LogP contribution in [0.3, 0.4) is 0 Å². The molecule has 1 aromatic heterocycles. The van der Waals surface area contributed by atoms with Gasteiger partial charge in [-0.3, -0.25) is 0 Å². The van der Waals surface area contributed by atoms with E-state index in [0.717, 1.165) is 0 Å². The van der Waals surface area contributed by atoms with Crippen molar-refractivity contribution in [2.75, 3.05) is 21.3 Å². The van der Waals surface area contributed by atoms with Crippen LogP contribution in [0.15, 0.2) is 48.5 Å². The lowest BCUT2D eigenvalue weighted by Crippen LogP contribution is -2.15. The predicted octanol–water partition coefficient (Wildman–Crippen LogP) is 3.26. The Labute approximate surface area is 160 Å². The minimum atomic E-state index is -0.797. The van der Waals surface area contributed by atoms with Crippen LogP contribution in [-0.2, 0) is 9.47 Å². The van der Waals surface area contributed by atoms with Gasteiger partial charge < -0.3 is 14.2 Å². The number of rotatable bonds is 5. The van der Waals surface area contributed by atoms with Crippen molar-refractivity contribution in [1.29, 1.82) is 0 Å². The van der Waals surface area contributed by atoms with Crippen molar-refractivity contribution in [3.05, 3.63) is 65.6 Å². The highest BCUT2D eigenvalue weighted by atomic mass is 19.1. The lowest BCUT2D eigenvalue weighted by Gasteiger charge is -2.07. The van der Waals surface area contributed by atoms with E-state index in [-0.39, 0.29) is 28.3 Å². The highest BCUT2D eigenvalue weighted by Crippen LogP contribution is 2.31. The van der Waals surface area contributed by atoms with Gasteiger partial charge >= 0.3 is 11.9 Å². The summed E-state index contributed by atoms with van der Waals surface area (Å²) in [5.41, 5.74) is 0.638. The molecule has 0 amide bonds. The number of methoxy groups -OCH3 is 3. The van der Waals surface area contributed by atoms with Gasteiger partial charge in [-0.25, -0.2) is 18.7 Å². The molecule has 0 unspecified atom stereocenters. The summed E-state index contributed by atoms with van der Waals surface area (Å²) in [5.74, 6) is -2.17. The molecule has 0 saturated carbocycles. The highest BCUT2D eigenvalue weighted by Gasteiger charge is 2.31. The van der Waals surface area contributed by atoms with E-state index in [1.165, 1.54) is 44.2 Å². The van der Waals surface area contributed by atoms with Crippen molar-refractivity contribution in [3.8, 4) is 22.7 Å². The maximum absolute atomic E-state index is 14.2. The first-order chi connectivity index (χ1) is 13.5. The largest absolute Gasteiger partial charge is 0.494 e. The first-order valence-electron chi connectivity index (χ1n) is 8.20. The molecule has 3 rings (SSSR count). The number of ether oxygens (including phenoxy) is 3. The maximum Gasteiger partial charge on any atom is 0.357 e. The lowest BCUT2D eigenvalue weighted by molar-refractivity contribution is 0.0549. The Balaban J connectivity index is 2.33. The van der Waals surface area contributed by atoms with Gasteiger partial charge in [0.25, 0.3) is 0 Å². The third kappa shape index (κ3) is 3.32. The molecular formula is C20H17FN2O5. The van der Waals surface area contributed by atoms with Gasteiger partial charge in [-0.15, -0.1) is 0 Å². The summed E-state index contributed by atoms with van der Waals surface area (Å²) in [6.07, 6.45) is 0. The van der Waals surface area contributed by atoms with Crippen LogP contribution in [0.4, 0.5) is 4.39 Å². The summed E-state index contributed by atoms with van der Waals surface area (Å²) < 4.78 is 30.1. The molecular weight excluding hydrogens is 367 g/mol. The van der Waals surface area contributed by atoms with Crippen molar-refractivity contribution >= 4 is 11.9 Å². The molecule has 8 heteroatoms. The van der Waals surface area contributed by atoms with E-state index in [9.17, 15) is 14.0 Å². The molecule has 144 valence electrons. The molecule has 7 nitrogen and oxygen atoms in total. The number of carbonyl (C=O) groups is 2. The Morgan fingerprint density at radius 3 is 2.21 bits per heavy atom. The van der Waals surface area contributed by atoms with Crippen LogP contribution in [0.1, 0.15) is 20.8 Å². The molecule has 0 radical (unpaired) electrons. The molecule has 0 fully saturated rings. The van der Waals surface area contributed by atoms with Crippen LogP contribution >= 0.6 is 0 Å². The third-order valence-electron chi connectivity index (χ3n) is 4.08. The van der Waals surface area contributed by atoms with Crippen molar-refractivity contribution in [2.24, 2.45) is 0 Å². The molecule has 0 aliphatic heterocycles. The Morgan fingerprint density at radius 1 is 0.964 bits per heavy atom. The molecule has 3 aromatic rings. The number of para-hydroxylation sites is 1. The van der Waals surface area contributed by atoms with Gasteiger partial charge in [0.15, 0.2) is 17.3 Å². The van der Waals surface area contributed by atoms with Crippen LogP contribution < -0.4 is 4.74 Å². The number of hydrogen-bond acceptors (Lipinski definition) is 6. The Morgan fingerprint density at radius 2 is 1.64 bits per heavy atom. The second-order valence-electron chi connectivity index (χ2n) is 5.65. The van der Waals surface area contributed by atoms with Gasteiger partial charge in [0.05, 0.1) is 27.0 Å². The smallest absolute Gasteiger partial charge is 0.357 e. The van der Waals surface area contributed by atoms with Crippen molar-refractivity contribution < 1.29 is 28.2 Å². The third-order valence-corrected chi connectivity index (χ3v) is 4.08. The molecule has 0 aliphatic carbocycles. The van der Waals surface area contributed by atoms with Gasteiger partial charge in [-0.1, -0.05) is 18.2 Å². The van der Waals surface area contributed by atoms with E-state index >= 15 is 0 Å². The fourth-order valence-corrected chi connectivity index (χ4v) is 2.77. The Hall–Kier alpha value is -3.68. The van der Waals surface area contributed by atoms with Crippen LogP contribution in [0.2, 0.25) is 0 Å². The lowest BCUT2D eigenvalue weighted by atomic mass is 10.1. The van der Waals surface area contributed by atoms with Gasteiger partial charge in [0.1, 0.15) is 11.3 Å². The fraction of sp³-hybridized carbons (Fsp3) is 0.150. The van der Waals surface area contributed by atoms with Gasteiger partial charge in [0, 0.05) is 5.56 Å². The zero-order valence-corrected chi connectivity index (χ0v) is 15.4. The van der Waals surface area contributed by atoms with Crippen molar-refractivity contribution in [3.63, 3.8) is 0 Å². The quantitative estimate of drug-likeness (QED) is 0.628. The van der Waals surface area contributed by atoms with Gasteiger partial charge in [-0.2, -0.15) is 5.10 Å². The molecule has 2 aromatic carbocycles. The molecule has 1 heterocycles. The second kappa shape index (κ2) is 7.91. The number of halogens is 1. The predicted molar refractivity (Wildman–Crippen MR) is 98.2 cm³/mol. The van der Waals surface area contributed by atoms with E-state index < -0.39 is 17.8 Å². The van der Waals surface area contributed by atoms with E-state index in [2.05, 4.69) is 5.10 Å². The molecule has 0 saturated heterocycles. The van der Waals surface area contributed by atoms with Crippen LogP contribution in [-0.4, -0.2) is 43.0 Å². The van der Waals surface area contributed by atoms with Crippen LogP contribution in [0.5, 0.6) is 5.75 Å². The molecule has 0 N–H and O–H groups in total. The van der Waals surface area contributed by atoms with E-state index in [1.807, 2.05) is 0 Å².